The molecule has 0 aromatic heterocycles. The Labute approximate surface area is 99.9 Å². The van der Waals surface area contributed by atoms with Crippen LogP contribution in [0.25, 0.3) is 0 Å². The Morgan fingerprint density at radius 1 is 1.25 bits per heavy atom. The zero-order chi connectivity index (χ0) is 11.4. The molecule has 1 saturated carbocycles. The highest BCUT2D eigenvalue weighted by atomic mass is 15.0. The zero-order valence-corrected chi connectivity index (χ0v) is 10.6. The van der Waals surface area contributed by atoms with Gasteiger partial charge in [-0.1, -0.05) is 25.0 Å². The molecular weight excluding hydrogens is 196 g/mol. The minimum absolute atomic E-state index is 0.729. The van der Waals surface area contributed by atoms with Gasteiger partial charge in [0.1, 0.15) is 0 Å². The molecule has 0 aromatic rings. The molecule has 3 atom stereocenters. The highest BCUT2D eigenvalue weighted by Crippen LogP contribution is 2.31. The van der Waals surface area contributed by atoms with Crippen molar-refractivity contribution in [2.45, 2.75) is 57.5 Å². The van der Waals surface area contributed by atoms with E-state index < -0.39 is 0 Å². The van der Waals surface area contributed by atoms with E-state index in [9.17, 15) is 0 Å². The number of hydrogen-bond donors (Lipinski definition) is 2. The van der Waals surface area contributed by atoms with Crippen molar-refractivity contribution < 1.29 is 0 Å². The highest BCUT2D eigenvalue weighted by molar-refractivity contribution is 4.97. The molecule has 0 spiro atoms. The first-order valence-electron chi connectivity index (χ1n) is 6.88. The average molecular weight is 222 g/mol. The first-order chi connectivity index (χ1) is 7.77. The third-order valence-corrected chi connectivity index (χ3v) is 4.10. The van der Waals surface area contributed by atoms with Crippen LogP contribution in [0.2, 0.25) is 0 Å². The van der Waals surface area contributed by atoms with Crippen molar-refractivity contribution in [3.05, 3.63) is 12.2 Å². The lowest BCUT2D eigenvalue weighted by molar-refractivity contribution is 0.260. The largest absolute Gasteiger partial charge is 0.314 e. The molecule has 1 heterocycles. The maximum Gasteiger partial charge on any atom is 0.0161 e. The van der Waals surface area contributed by atoms with E-state index in [0.717, 1.165) is 24.5 Å². The van der Waals surface area contributed by atoms with Crippen molar-refractivity contribution in [3.8, 4) is 0 Å². The Morgan fingerprint density at radius 2 is 2.12 bits per heavy atom. The van der Waals surface area contributed by atoms with Crippen LogP contribution >= 0.6 is 0 Å². The third kappa shape index (κ3) is 3.08. The van der Waals surface area contributed by atoms with E-state index in [1.54, 1.807) is 0 Å². The molecule has 1 aliphatic heterocycles. The molecule has 2 N–H and O–H groups in total. The van der Waals surface area contributed by atoms with Crippen molar-refractivity contribution >= 4 is 0 Å². The lowest BCUT2D eigenvalue weighted by Gasteiger charge is -2.33. The average Bonchev–Trinajstić information content (AvgIpc) is 2.75. The summed E-state index contributed by atoms with van der Waals surface area (Å²) in [4.78, 5) is 0. The summed E-state index contributed by atoms with van der Waals surface area (Å²) in [5.41, 5.74) is 1.25. The van der Waals surface area contributed by atoms with Gasteiger partial charge in [0.25, 0.3) is 0 Å². The Bertz CT molecular complexity index is 231. The molecular formula is C14H26N2. The van der Waals surface area contributed by atoms with Crippen LogP contribution in [0.5, 0.6) is 0 Å². The van der Waals surface area contributed by atoms with Crippen LogP contribution in [0.15, 0.2) is 12.2 Å². The molecule has 3 unspecified atom stereocenters. The summed E-state index contributed by atoms with van der Waals surface area (Å²) in [6, 6.07) is 1.51. The van der Waals surface area contributed by atoms with Gasteiger partial charge in [0.05, 0.1) is 0 Å². The highest BCUT2D eigenvalue weighted by Gasteiger charge is 2.33. The first-order valence-corrected chi connectivity index (χ1v) is 6.88. The maximum atomic E-state index is 3.98. The second kappa shape index (κ2) is 5.83. The van der Waals surface area contributed by atoms with Crippen LogP contribution in [-0.4, -0.2) is 25.2 Å². The molecule has 2 fully saturated rings. The third-order valence-electron chi connectivity index (χ3n) is 4.10. The monoisotopic (exact) mass is 222 g/mol. The van der Waals surface area contributed by atoms with Crippen molar-refractivity contribution in [1.82, 2.24) is 10.6 Å². The van der Waals surface area contributed by atoms with Crippen LogP contribution in [0.4, 0.5) is 0 Å². The SMILES string of the molecule is C=C(C)CNC1CCCC1C1CCCCN1. The minimum atomic E-state index is 0.729. The normalized spacial score (nSPS) is 35.2. The quantitative estimate of drug-likeness (QED) is 0.714. The summed E-state index contributed by atoms with van der Waals surface area (Å²) < 4.78 is 0. The molecule has 2 aliphatic rings. The van der Waals surface area contributed by atoms with E-state index in [1.807, 2.05) is 0 Å². The van der Waals surface area contributed by atoms with Gasteiger partial charge >= 0.3 is 0 Å². The van der Waals surface area contributed by atoms with E-state index in [-0.39, 0.29) is 0 Å². The standard InChI is InChI=1S/C14H26N2/c1-11(2)10-16-14-8-5-6-12(14)13-7-3-4-9-15-13/h12-16H,1,3-10H2,2H3. The summed E-state index contributed by atoms with van der Waals surface area (Å²) in [5.74, 6) is 0.861. The molecule has 16 heavy (non-hydrogen) atoms. The molecule has 0 radical (unpaired) electrons. The van der Waals surface area contributed by atoms with E-state index in [0.29, 0.717) is 0 Å². The summed E-state index contributed by atoms with van der Waals surface area (Å²) >= 11 is 0. The van der Waals surface area contributed by atoms with Gasteiger partial charge in [-0.2, -0.15) is 0 Å². The molecule has 92 valence electrons. The summed E-state index contributed by atoms with van der Waals surface area (Å²) in [6.07, 6.45) is 8.34. The smallest absolute Gasteiger partial charge is 0.0161 e. The zero-order valence-electron chi connectivity index (χ0n) is 10.6. The molecule has 1 saturated heterocycles. The van der Waals surface area contributed by atoms with E-state index in [1.165, 1.54) is 50.6 Å². The van der Waals surface area contributed by atoms with Crippen LogP contribution in [0, 0.1) is 5.92 Å². The topological polar surface area (TPSA) is 24.1 Å². The van der Waals surface area contributed by atoms with Crippen LogP contribution in [-0.2, 0) is 0 Å². The fourth-order valence-corrected chi connectivity index (χ4v) is 3.27. The van der Waals surface area contributed by atoms with Gasteiger partial charge in [0.15, 0.2) is 0 Å². The van der Waals surface area contributed by atoms with Gasteiger partial charge in [-0.15, -0.1) is 0 Å². The van der Waals surface area contributed by atoms with Gasteiger partial charge in [-0.05, 0) is 45.1 Å². The molecule has 2 heteroatoms. The number of nitrogens with one attached hydrogen (secondary N) is 2. The maximum absolute atomic E-state index is 3.98. The second-order valence-corrected chi connectivity index (χ2v) is 5.60. The second-order valence-electron chi connectivity index (χ2n) is 5.60. The Morgan fingerprint density at radius 3 is 2.81 bits per heavy atom. The predicted octanol–water partition coefficient (Wildman–Crippen LogP) is 2.46. The number of piperidine rings is 1. The number of hydrogen-bond acceptors (Lipinski definition) is 2. The minimum Gasteiger partial charge on any atom is -0.314 e. The molecule has 2 rings (SSSR count). The van der Waals surface area contributed by atoms with Crippen molar-refractivity contribution in [2.75, 3.05) is 13.1 Å². The van der Waals surface area contributed by atoms with E-state index >= 15 is 0 Å². The van der Waals surface area contributed by atoms with Crippen molar-refractivity contribution in [3.63, 3.8) is 0 Å². The van der Waals surface area contributed by atoms with Crippen molar-refractivity contribution in [2.24, 2.45) is 5.92 Å². The van der Waals surface area contributed by atoms with Crippen LogP contribution < -0.4 is 10.6 Å². The van der Waals surface area contributed by atoms with Gasteiger partial charge < -0.3 is 10.6 Å². The summed E-state index contributed by atoms with van der Waals surface area (Å²) in [5, 5.41) is 7.41. The Hall–Kier alpha value is -0.340. The van der Waals surface area contributed by atoms with E-state index in [2.05, 4.69) is 24.1 Å². The first kappa shape index (κ1) is 12.1. The molecule has 1 aliphatic carbocycles. The summed E-state index contributed by atoms with van der Waals surface area (Å²) in [7, 11) is 0. The molecule has 0 bridgehead atoms. The van der Waals surface area contributed by atoms with Crippen molar-refractivity contribution in [1.29, 1.82) is 0 Å². The molecule has 0 amide bonds. The lowest BCUT2D eigenvalue weighted by Crippen LogP contribution is -2.47. The fraction of sp³-hybridized carbons (Fsp3) is 0.857. The number of rotatable bonds is 4. The molecule has 2 nitrogen and oxygen atoms in total. The Kier molecular flexibility index (Phi) is 4.42. The van der Waals surface area contributed by atoms with Gasteiger partial charge in [0, 0.05) is 18.6 Å². The lowest BCUT2D eigenvalue weighted by atomic mass is 9.88. The van der Waals surface area contributed by atoms with Crippen LogP contribution in [0.3, 0.4) is 0 Å². The van der Waals surface area contributed by atoms with Gasteiger partial charge in [-0.25, -0.2) is 0 Å². The molecule has 0 aromatic carbocycles. The van der Waals surface area contributed by atoms with E-state index in [4.69, 9.17) is 0 Å². The fourth-order valence-electron chi connectivity index (χ4n) is 3.27. The summed E-state index contributed by atoms with van der Waals surface area (Å²) in [6.45, 7) is 8.31. The predicted molar refractivity (Wildman–Crippen MR) is 69.6 cm³/mol. The Balaban J connectivity index is 1.84. The van der Waals surface area contributed by atoms with Gasteiger partial charge in [-0.3, -0.25) is 0 Å². The van der Waals surface area contributed by atoms with Crippen LogP contribution in [0.1, 0.15) is 45.4 Å². The van der Waals surface area contributed by atoms with Gasteiger partial charge in [0.2, 0.25) is 0 Å².